The molecule has 1 N–H and O–H groups in total. The normalized spacial score (nSPS) is 28.7. The zero-order valence-corrected chi connectivity index (χ0v) is 11.3. The molecule has 1 aliphatic rings. The van der Waals surface area contributed by atoms with E-state index in [1.165, 1.54) is 38.5 Å². The fourth-order valence-electron chi connectivity index (χ4n) is 2.67. The zero-order chi connectivity index (χ0) is 11.8. The topological polar surface area (TPSA) is 21.3 Å². The third-order valence-corrected chi connectivity index (χ3v) is 3.81. The summed E-state index contributed by atoms with van der Waals surface area (Å²) in [6.07, 6.45) is 8.69. The smallest absolute Gasteiger partial charge is 0.0671 e. The number of nitrogens with one attached hydrogen (secondary N) is 1. The Morgan fingerprint density at radius 3 is 2.69 bits per heavy atom. The predicted octanol–water partition coefficient (Wildman–Crippen LogP) is 3.36. The Morgan fingerprint density at radius 1 is 1.19 bits per heavy atom. The third kappa shape index (κ3) is 5.31. The second kappa shape index (κ2) is 8.08. The van der Waals surface area contributed by atoms with Crippen molar-refractivity contribution < 1.29 is 4.74 Å². The lowest BCUT2D eigenvalue weighted by atomic mass is 9.98. The number of rotatable bonds is 6. The summed E-state index contributed by atoms with van der Waals surface area (Å²) in [5.74, 6) is 0.983. The minimum absolute atomic E-state index is 0.357. The second-order valence-electron chi connectivity index (χ2n) is 5.15. The fraction of sp³-hybridized carbons (Fsp3) is 1.00. The summed E-state index contributed by atoms with van der Waals surface area (Å²) < 4.78 is 5.54. The van der Waals surface area contributed by atoms with Gasteiger partial charge in [0, 0.05) is 19.2 Å². The molecule has 0 heterocycles. The molecule has 0 bridgehead atoms. The van der Waals surface area contributed by atoms with E-state index in [0.29, 0.717) is 6.10 Å². The molecule has 16 heavy (non-hydrogen) atoms. The summed E-state index contributed by atoms with van der Waals surface area (Å²) in [5, 5.41) is 3.67. The van der Waals surface area contributed by atoms with Crippen LogP contribution in [-0.4, -0.2) is 25.3 Å². The molecule has 0 aromatic carbocycles. The van der Waals surface area contributed by atoms with Gasteiger partial charge in [-0.05, 0) is 39.0 Å². The monoisotopic (exact) mass is 227 g/mol. The standard InChI is InChI=1S/C14H29NO/c1-4-13-7-6-8-14(10-9-13)15-11-12(3)16-5-2/h12-15H,4-11H2,1-3H3. The Hall–Kier alpha value is -0.0800. The maximum absolute atomic E-state index is 5.54. The van der Waals surface area contributed by atoms with E-state index in [1.807, 2.05) is 0 Å². The first-order valence-corrected chi connectivity index (χ1v) is 7.11. The van der Waals surface area contributed by atoms with Gasteiger partial charge < -0.3 is 10.1 Å². The van der Waals surface area contributed by atoms with Gasteiger partial charge in [-0.15, -0.1) is 0 Å². The molecule has 1 fully saturated rings. The molecular weight excluding hydrogens is 198 g/mol. The van der Waals surface area contributed by atoms with Crippen LogP contribution in [0.4, 0.5) is 0 Å². The van der Waals surface area contributed by atoms with Gasteiger partial charge in [0.25, 0.3) is 0 Å². The minimum Gasteiger partial charge on any atom is -0.377 e. The maximum Gasteiger partial charge on any atom is 0.0671 e. The van der Waals surface area contributed by atoms with Crippen LogP contribution >= 0.6 is 0 Å². The molecule has 0 aromatic rings. The van der Waals surface area contributed by atoms with Crippen molar-refractivity contribution in [3.8, 4) is 0 Å². The van der Waals surface area contributed by atoms with Crippen molar-refractivity contribution in [2.75, 3.05) is 13.2 Å². The average molecular weight is 227 g/mol. The Morgan fingerprint density at radius 2 is 2.00 bits per heavy atom. The summed E-state index contributed by atoms with van der Waals surface area (Å²) in [6, 6.07) is 0.736. The molecule has 3 unspecified atom stereocenters. The zero-order valence-electron chi connectivity index (χ0n) is 11.3. The first-order chi connectivity index (χ1) is 7.76. The van der Waals surface area contributed by atoms with E-state index in [9.17, 15) is 0 Å². The van der Waals surface area contributed by atoms with Gasteiger partial charge in [-0.3, -0.25) is 0 Å². The van der Waals surface area contributed by atoms with Crippen LogP contribution in [0.25, 0.3) is 0 Å². The van der Waals surface area contributed by atoms with Gasteiger partial charge in [-0.1, -0.05) is 26.2 Å². The van der Waals surface area contributed by atoms with E-state index >= 15 is 0 Å². The number of ether oxygens (including phenoxy) is 1. The molecule has 0 saturated heterocycles. The van der Waals surface area contributed by atoms with Crippen molar-refractivity contribution in [1.29, 1.82) is 0 Å². The lowest BCUT2D eigenvalue weighted by Gasteiger charge is -2.19. The van der Waals surface area contributed by atoms with E-state index in [4.69, 9.17) is 4.74 Å². The molecule has 1 aliphatic carbocycles. The molecule has 2 heteroatoms. The van der Waals surface area contributed by atoms with Crippen molar-refractivity contribution in [2.24, 2.45) is 5.92 Å². The quantitative estimate of drug-likeness (QED) is 0.703. The van der Waals surface area contributed by atoms with Gasteiger partial charge in [0.1, 0.15) is 0 Å². The molecule has 3 atom stereocenters. The van der Waals surface area contributed by atoms with Crippen molar-refractivity contribution in [1.82, 2.24) is 5.32 Å². The van der Waals surface area contributed by atoms with Gasteiger partial charge in [-0.2, -0.15) is 0 Å². The van der Waals surface area contributed by atoms with E-state index in [0.717, 1.165) is 25.1 Å². The van der Waals surface area contributed by atoms with E-state index in [1.54, 1.807) is 0 Å². The highest BCUT2D eigenvalue weighted by Gasteiger charge is 2.17. The summed E-state index contributed by atoms with van der Waals surface area (Å²) in [5.41, 5.74) is 0. The van der Waals surface area contributed by atoms with Gasteiger partial charge >= 0.3 is 0 Å². The molecular formula is C14H29NO. The molecule has 2 nitrogen and oxygen atoms in total. The van der Waals surface area contributed by atoms with Gasteiger partial charge in [0.2, 0.25) is 0 Å². The van der Waals surface area contributed by atoms with E-state index in [-0.39, 0.29) is 0 Å². The summed E-state index contributed by atoms with van der Waals surface area (Å²) in [6.45, 7) is 8.38. The highest BCUT2D eigenvalue weighted by atomic mass is 16.5. The molecule has 0 radical (unpaired) electrons. The Kier molecular flexibility index (Phi) is 7.06. The molecule has 1 rings (SSSR count). The molecule has 96 valence electrons. The number of hydrogen-bond donors (Lipinski definition) is 1. The first kappa shape index (κ1) is 14.0. The van der Waals surface area contributed by atoms with Crippen LogP contribution in [0.3, 0.4) is 0 Å². The number of hydrogen-bond acceptors (Lipinski definition) is 2. The van der Waals surface area contributed by atoms with Crippen molar-refractivity contribution in [3.63, 3.8) is 0 Å². The minimum atomic E-state index is 0.357. The largest absolute Gasteiger partial charge is 0.377 e. The highest BCUT2D eigenvalue weighted by molar-refractivity contribution is 4.75. The Balaban J connectivity index is 2.17. The Labute approximate surface area is 101 Å². The van der Waals surface area contributed by atoms with Crippen LogP contribution in [0.15, 0.2) is 0 Å². The van der Waals surface area contributed by atoms with Gasteiger partial charge in [0.05, 0.1) is 6.10 Å². The molecule has 0 aromatic heterocycles. The van der Waals surface area contributed by atoms with Crippen molar-refractivity contribution >= 4 is 0 Å². The summed E-state index contributed by atoms with van der Waals surface area (Å²) in [4.78, 5) is 0. The second-order valence-corrected chi connectivity index (χ2v) is 5.15. The van der Waals surface area contributed by atoms with Crippen molar-refractivity contribution in [3.05, 3.63) is 0 Å². The lowest BCUT2D eigenvalue weighted by Crippen LogP contribution is -2.35. The van der Waals surface area contributed by atoms with E-state index < -0.39 is 0 Å². The summed E-state index contributed by atoms with van der Waals surface area (Å²) in [7, 11) is 0. The Bertz CT molecular complexity index is 172. The fourth-order valence-corrected chi connectivity index (χ4v) is 2.67. The predicted molar refractivity (Wildman–Crippen MR) is 69.7 cm³/mol. The average Bonchev–Trinajstić information content (AvgIpc) is 2.51. The third-order valence-electron chi connectivity index (χ3n) is 3.81. The van der Waals surface area contributed by atoms with Crippen LogP contribution in [0.2, 0.25) is 0 Å². The molecule has 0 spiro atoms. The first-order valence-electron chi connectivity index (χ1n) is 7.11. The van der Waals surface area contributed by atoms with Gasteiger partial charge in [-0.25, -0.2) is 0 Å². The highest BCUT2D eigenvalue weighted by Crippen LogP contribution is 2.25. The van der Waals surface area contributed by atoms with Gasteiger partial charge in [0.15, 0.2) is 0 Å². The molecule has 0 aliphatic heterocycles. The molecule has 0 amide bonds. The maximum atomic E-state index is 5.54. The van der Waals surface area contributed by atoms with Crippen LogP contribution in [0, 0.1) is 5.92 Å². The van der Waals surface area contributed by atoms with Crippen LogP contribution in [0.5, 0.6) is 0 Å². The van der Waals surface area contributed by atoms with Crippen LogP contribution < -0.4 is 5.32 Å². The SMILES string of the molecule is CCOC(C)CNC1CCCC(CC)CC1. The van der Waals surface area contributed by atoms with Crippen LogP contribution in [-0.2, 0) is 4.74 Å². The summed E-state index contributed by atoms with van der Waals surface area (Å²) >= 11 is 0. The van der Waals surface area contributed by atoms with Crippen LogP contribution in [0.1, 0.15) is 59.3 Å². The molecule has 1 saturated carbocycles. The van der Waals surface area contributed by atoms with Crippen molar-refractivity contribution in [2.45, 2.75) is 71.4 Å². The van der Waals surface area contributed by atoms with E-state index in [2.05, 4.69) is 26.1 Å². The lowest BCUT2D eigenvalue weighted by molar-refractivity contribution is 0.0734.